The van der Waals surface area contributed by atoms with Crippen molar-refractivity contribution in [1.29, 1.82) is 0 Å². The summed E-state index contributed by atoms with van der Waals surface area (Å²) in [4.78, 5) is 61.6. The van der Waals surface area contributed by atoms with E-state index in [0.29, 0.717) is 0 Å². The molecule has 33 heavy (non-hydrogen) atoms. The molecule has 1 aromatic heterocycles. The maximum atomic E-state index is 12.7. The fraction of sp³-hybridized carbons (Fsp3) is 0.174. The van der Waals surface area contributed by atoms with Gasteiger partial charge in [0.2, 0.25) is 5.78 Å². The molecule has 0 fully saturated rings. The summed E-state index contributed by atoms with van der Waals surface area (Å²) in [5.41, 5.74) is 5.08. The largest absolute Gasteiger partial charge is 0.465 e. The number of nitrogen functional groups attached to an aromatic ring is 1. The van der Waals surface area contributed by atoms with Gasteiger partial charge in [0, 0.05) is 7.05 Å². The minimum atomic E-state index is -0.884. The molecule has 3 aromatic rings. The van der Waals surface area contributed by atoms with Crippen molar-refractivity contribution in [2.45, 2.75) is 6.54 Å². The summed E-state index contributed by atoms with van der Waals surface area (Å²) in [6.45, 7) is -0.715. The maximum absolute atomic E-state index is 12.7. The quantitative estimate of drug-likeness (QED) is 0.415. The van der Waals surface area contributed by atoms with Crippen molar-refractivity contribution in [2.75, 3.05) is 19.5 Å². The van der Waals surface area contributed by atoms with Crippen molar-refractivity contribution < 1.29 is 23.9 Å². The van der Waals surface area contributed by atoms with Gasteiger partial charge in [-0.05, 0) is 29.8 Å². The number of ketones is 1. The number of hydrogen-bond donors (Lipinski definition) is 1. The van der Waals surface area contributed by atoms with Gasteiger partial charge in [0.15, 0.2) is 6.61 Å². The number of aromatic nitrogens is 2. The van der Waals surface area contributed by atoms with Crippen LogP contribution in [0.5, 0.6) is 0 Å². The first-order chi connectivity index (χ1) is 15.7. The Hall–Kier alpha value is -4.47. The van der Waals surface area contributed by atoms with Gasteiger partial charge in [-0.1, -0.05) is 30.3 Å². The standard InChI is InChI=1S/C23H21N3O7/c1-25-20(28)18(19(24)26(23(25)31)12-14-6-4-3-5-7-14)17(27)13-33-22(30)16-10-8-15(9-11-16)21(29)32-2/h3-11H,12-13,24H2,1-2H3. The number of Topliss-reactive ketones (excluding diaryl/α,β-unsaturated/α-hetero) is 1. The Morgan fingerprint density at radius 2 is 1.48 bits per heavy atom. The Morgan fingerprint density at radius 3 is 2.06 bits per heavy atom. The SMILES string of the molecule is COC(=O)c1ccc(C(=O)OCC(=O)c2c(N)n(Cc3ccccc3)c(=O)n(C)c2=O)cc1. The molecule has 0 unspecified atom stereocenters. The van der Waals surface area contributed by atoms with Gasteiger partial charge in [-0.3, -0.25) is 18.7 Å². The van der Waals surface area contributed by atoms with E-state index in [0.717, 1.165) is 14.7 Å². The van der Waals surface area contributed by atoms with Crippen LogP contribution in [0.1, 0.15) is 36.6 Å². The molecule has 0 aliphatic carbocycles. The van der Waals surface area contributed by atoms with E-state index >= 15 is 0 Å². The third-order valence-corrected chi connectivity index (χ3v) is 4.92. The fourth-order valence-electron chi connectivity index (χ4n) is 3.11. The predicted octanol–water partition coefficient (Wildman–Crippen LogP) is 1.00. The number of methoxy groups -OCH3 is 1. The van der Waals surface area contributed by atoms with Crippen molar-refractivity contribution in [3.05, 3.63) is 97.7 Å². The summed E-state index contributed by atoms with van der Waals surface area (Å²) in [5.74, 6) is -2.57. The lowest BCUT2D eigenvalue weighted by Gasteiger charge is -2.14. The minimum Gasteiger partial charge on any atom is -0.465 e. The number of ether oxygens (including phenoxy) is 2. The van der Waals surface area contributed by atoms with E-state index in [2.05, 4.69) is 4.74 Å². The topological polar surface area (TPSA) is 140 Å². The van der Waals surface area contributed by atoms with Crippen molar-refractivity contribution in [1.82, 2.24) is 9.13 Å². The molecule has 0 amide bonds. The highest BCUT2D eigenvalue weighted by molar-refractivity contribution is 6.02. The highest BCUT2D eigenvalue weighted by Gasteiger charge is 2.23. The summed E-state index contributed by atoms with van der Waals surface area (Å²) in [6, 6.07) is 14.3. The first-order valence-corrected chi connectivity index (χ1v) is 9.76. The van der Waals surface area contributed by atoms with Crippen LogP contribution >= 0.6 is 0 Å². The van der Waals surface area contributed by atoms with Gasteiger partial charge in [0.1, 0.15) is 11.4 Å². The van der Waals surface area contributed by atoms with Crippen LogP contribution < -0.4 is 17.0 Å². The number of nitrogens with two attached hydrogens (primary N) is 1. The first kappa shape index (κ1) is 23.2. The third-order valence-electron chi connectivity index (χ3n) is 4.92. The summed E-state index contributed by atoms with van der Waals surface area (Å²) in [6.07, 6.45) is 0. The molecule has 0 aliphatic heterocycles. The van der Waals surface area contributed by atoms with Crippen LogP contribution in [0.4, 0.5) is 5.82 Å². The van der Waals surface area contributed by atoms with E-state index in [9.17, 15) is 24.0 Å². The zero-order valence-electron chi connectivity index (χ0n) is 17.9. The number of anilines is 1. The average Bonchev–Trinajstić information content (AvgIpc) is 2.84. The second-order valence-corrected chi connectivity index (χ2v) is 7.05. The van der Waals surface area contributed by atoms with E-state index in [4.69, 9.17) is 10.5 Å². The van der Waals surface area contributed by atoms with Crippen LogP contribution in [0.3, 0.4) is 0 Å². The summed E-state index contributed by atoms with van der Waals surface area (Å²) >= 11 is 0. The maximum Gasteiger partial charge on any atom is 0.338 e. The molecule has 0 radical (unpaired) electrons. The van der Waals surface area contributed by atoms with Crippen molar-refractivity contribution >= 4 is 23.5 Å². The average molecular weight is 451 g/mol. The van der Waals surface area contributed by atoms with E-state index in [1.807, 2.05) is 6.07 Å². The lowest BCUT2D eigenvalue weighted by Crippen LogP contribution is -2.43. The molecular formula is C23H21N3O7. The molecule has 170 valence electrons. The van der Waals surface area contributed by atoms with Crippen molar-refractivity contribution in [3.8, 4) is 0 Å². The van der Waals surface area contributed by atoms with Gasteiger partial charge < -0.3 is 15.2 Å². The molecule has 0 bridgehead atoms. The molecule has 0 aliphatic rings. The Kier molecular flexibility index (Phi) is 6.87. The molecule has 10 heteroatoms. The van der Waals surface area contributed by atoms with Gasteiger partial charge in [-0.15, -0.1) is 0 Å². The Balaban J connectivity index is 1.82. The van der Waals surface area contributed by atoms with Gasteiger partial charge >= 0.3 is 17.6 Å². The normalized spacial score (nSPS) is 10.5. The fourth-order valence-corrected chi connectivity index (χ4v) is 3.11. The second kappa shape index (κ2) is 9.77. The van der Waals surface area contributed by atoms with E-state index in [1.54, 1.807) is 24.3 Å². The zero-order chi connectivity index (χ0) is 24.1. The highest BCUT2D eigenvalue weighted by atomic mass is 16.5. The van der Waals surface area contributed by atoms with Gasteiger partial charge in [-0.2, -0.15) is 0 Å². The van der Waals surface area contributed by atoms with E-state index < -0.39 is 41.1 Å². The number of esters is 2. The third kappa shape index (κ3) is 4.90. The smallest absolute Gasteiger partial charge is 0.338 e. The van der Waals surface area contributed by atoms with Gasteiger partial charge in [0.05, 0.1) is 24.8 Å². The van der Waals surface area contributed by atoms with Crippen LogP contribution in [0.25, 0.3) is 0 Å². The number of carbonyl (C=O) groups excluding carboxylic acids is 3. The predicted molar refractivity (Wildman–Crippen MR) is 118 cm³/mol. The van der Waals surface area contributed by atoms with Gasteiger partial charge in [0.25, 0.3) is 5.56 Å². The molecule has 0 atom stereocenters. The summed E-state index contributed by atoms with van der Waals surface area (Å²) in [7, 11) is 2.46. The molecule has 2 aromatic carbocycles. The second-order valence-electron chi connectivity index (χ2n) is 7.05. The number of nitrogens with zero attached hydrogens (tertiary/aromatic N) is 2. The lowest BCUT2D eigenvalue weighted by atomic mass is 10.1. The summed E-state index contributed by atoms with van der Waals surface area (Å²) in [5, 5.41) is 0. The Morgan fingerprint density at radius 1 is 0.909 bits per heavy atom. The van der Waals surface area contributed by atoms with Gasteiger partial charge in [-0.25, -0.2) is 14.4 Å². The molecular weight excluding hydrogens is 430 g/mol. The molecule has 0 spiro atoms. The number of rotatable bonds is 7. The molecule has 1 heterocycles. The Bertz CT molecular complexity index is 1320. The number of hydrogen-bond acceptors (Lipinski definition) is 8. The highest BCUT2D eigenvalue weighted by Crippen LogP contribution is 2.11. The molecule has 2 N–H and O–H groups in total. The number of carbonyl (C=O) groups is 3. The van der Waals surface area contributed by atoms with E-state index in [1.165, 1.54) is 38.4 Å². The monoisotopic (exact) mass is 451 g/mol. The molecule has 3 rings (SSSR count). The first-order valence-electron chi connectivity index (χ1n) is 9.76. The molecule has 10 nitrogen and oxygen atoms in total. The van der Waals surface area contributed by atoms with E-state index in [-0.39, 0.29) is 23.5 Å². The summed E-state index contributed by atoms with van der Waals surface area (Å²) < 4.78 is 11.5. The van der Waals surface area contributed by atoms with Crippen LogP contribution in [0.2, 0.25) is 0 Å². The van der Waals surface area contributed by atoms with Crippen LogP contribution in [-0.2, 0) is 23.1 Å². The minimum absolute atomic E-state index is 0.0479. The zero-order valence-corrected chi connectivity index (χ0v) is 17.9. The van der Waals surface area contributed by atoms with Crippen LogP contribution in [0, 0.1) is 0 Å². The van der Waals surface area contributed by atoms with Crippen molar-refractivity contribution in [2.24, 2.45) is 7.05 Å². The lowest BCUT2D eigenvalue weighted by molar-refractivity contribution is 0.0473. The van der Waals surface area contributed by atoms with Crippen LogP contribution in [0.15, 0.2) is 64.2 Å². The molecule has 0 saturated heterocycles. The van der Waals surface area contributed by atoms with Crippen LogP contribution in [-0.4, -0.2) is 40.6 Å². The Labute approximate surface area is 187 Å². The van der Waals surface area contributed by atoms with Crippen molar-refractivity contribution in [3.63, 3.8) is 0 Å². The molecule has 0 saturated carbocycles. The number of benzene rings is 2.